The molecule has 0 aliphatic carbocycles. The van der Waals surface area contributed by atoms with Gasteiger partial charge in [0.2, 0.25) is 0 Å². The third-order valence-corrected chi connectivity index (χ3v) is 1.48. The Bertz CT molecular complexity index is 356. The maximum Gasteiger partial charge on any atom is 0.165 e. The summed E-state index contributed by atoms with van der Waals surface area (Å²) in [6, 6.07) is 3.93. The average molecular weight is 180 g/mol. The van der Waals surface area contributed by atoms with Crippen LogP contribution in [0, 0.1) is 5.82 Å². The molecule has 0 aliphatic rings. The SMILES string of the molecule is CC(=O)C=Cc1ccc(O)c(F)c1. The van der Waals surface area contributed by atoms with Gasteiger partial charge in [-0.2, -0.15) is 0 Å². The van der Waals surface area contributed by atoms with E-state index in [-0.39, 0.29) is 11.5 Å². The lowest BCUT2D eigenvalue weighted by molar-refractivity contribution is -0.112. The lowest BCUT2D eigenvalue weighted by Crippen LogP contribution is -1.82. The van der Waals surface area contributed by atoms with Gasteiger partial charge in [0.05, 0.1) is 0 Å². The van der Waals surface area contributed by atoms with Crippen LogP contribution >= 0.6 is 0 Å². The zero-order chi connectivity index (χ0) is 9.84. The summed E-state index contributed by atoms with van der Waals surface area (Å²) in [5.74, 6) is -1.18. The molecule has 0 bridgehead atoms. The van der Waals surface area contributed by atoms with Crippen molar-refractivity contribution in [2.24, 2.45) is 0 Å². The van der Waals surface area contributed by atoms with E-state index in [9.17, 15) is 9.18 Å². The predicted molar refractivity (Wildman–Crippen MR) is 47.8 cm³/mol. The molecule has 2 nitrogen and oxygen atoms in total. The first kappa shape index (κ1) is 9.45. The number of allylic oxidation sites excluding steroid dienone is 1. The molecule has 0 fully saturated rings. The lowest BCUT2D eigenvalue weighted by atomic mass is 10.2. The number of phenols is 1. The Labute approximate surface area is 75.3 Å². The first-order valence-electron chi connectivity index (χ1n) is 3.77. The van der Waals surface area contributed by atoms with E-state index in [0.29, 0.717) is 5.56 Å². The van der Waals surface area contributed by atoms with Gasteiger partial charge in [-0.25, -0.2) is 4.39 Å². The van der Waals surface area contributed by atoms with Gasteiger partial charge in [-0.3, -0.25) is 4.79 Å². The number of aromatic hydroxyl groups is 1. The molecule has 1 aromatic rings. The van der Waals surface area contributed by atoms with Gasteiger partial charge in [-0.05, 0) is 30.7 Å². The predicted octanol–water partition coefficient (Wildman–Crippen LogP) is 2.13. The molecule has 68 valence electrons. The second-order valence-electron chi connectivity index (χ2n) is 2.65. The van der Waals surface area contributed by atoms with Gasteiger partial charge in [0.1, 0.15) is 0 Å². The molecule has 1 N–H and O–H groups in total. The van der Waals surface area contributed by atoms with Crippen molar-refractivity contribution in [1.29, 1.82) is 0 Å². The van der Waals surface area contributed by atoms with Crippen LogP contribution in [0.25, 0.3) is 6.08 Å². The minimum atomic E-state index is -0.689. The fraction of sp³-hybridized carbons (Fsp3) is 0.100. The molecular weight excluding hydrogens is 171 g/mol. The quantitative estimate of drug-likeness (QED) is 0.708. The number of carbonyl (C=O) groups excluding carboxylic acids is 1. The molecule has 0 spiro atoms. The van der Waals surface area contributed by atoms with E-state index in [2.05, 4.69) is 0 Å². The minimum absolute atomic E-state index is 0.103. The first-order valence-corrected chi connectivity index (χ1v) is 3.77. The zero-order valence-corrected chi connectivity index (χ0v) is 7.12. The highest BCUT2D eigenvalue weighted by atomic mass is 19.1. The second kappa shape index (κ2) is 3.85. The van der Waals surface area contributed by atoms with Crippen LogP contribution in [0.5, 0.6) is 5.75 Å². The summed E-state index contributed by atoms with van der Waals surface area (Å²) < 4.78 is 12.7. The normalized spacial score (nSPS) is 10.6. The van der Waals surface area contributed by atoms with Crippen molar-refractivity contribution >= 4 is 11.9 Å². The smallest absolute Gasteiger partial charge is 0.165 e. The highest BCUT2D eigenvalue weighted by Crippen LogP contribution is 2.16. The third-order valence-electron chi connectivity index (χ3n) is 1.48. The molecule has 1 aromatic carbocycles. The maximum atomic E-state index is 12.7. The van der Waals surface area contributed by atoms with Gasteiger partial charge in [0.25, 0.3) is 0 Å². The molecule has 3 heteroatoms. The summed E-state index contributed by atoms with van der Waals surface area (Å²) in [5.41, 5.74) is 0.547. The van der Waals surface area contributed by atoms with E-state index in [1.165, 1.54) is 31.2 Å². The highest BCUT2D eigenvalue weighted by molar-refractivity contribution is 5.91. The number of hydrogen-bond acceptors (Lipinski definition) is 2. The average Bonchev–Trinajstić information content (AvgIpc) is 2.07. The number of carbonyl (C=O) groups is 1. The Balaban J connectivity index is 2.92. The Hall–Kier alpha value is -1.64. The fourth-order valence-corrected chi connectivity index (χ4v) is 0.840. The van der Waals surface area contributed by atoms with Crippen LogP contribution in [0.1, 0.15) is 12.5 Å². The third kappa shape index (κ3) is 2.71. The molecule has 0 radical (unpaired) electrons. The lowest BCUT2D eigenvalue weighted by Gasteiger charge is -1.95. The molecule has 0 aliphatic heterocycles. The standard InChI is InChI=1S/C10H9FO2/c1-7(12)2-3-8-4-5-10(13)9(11)6-8/h2-6,13H,1H3. The van der Waals surface area contributed by atoms with E-state index in [0.717, 1.165) is 6.07 Å². The van der Waals surface area contributed by atoms with E-state index >= 15 is 0 Å². The highest BCUT2D eigenvalue weighted by Gasteiger charge is 1.98. The number of halogens is 1. The van der Waals surface area contributed by atoms with Gasteiger partial charge in [-0.15, -0.1) is 0 Å². The van der Waals surface area contributed by atoms with Crippen molar-refractivity contribution in [1.82, 2.24) is 0 Å². The van der Waals surface area contributed by atoms with Crippen LogP contribution in [-0.4, -0.2) is 10.9 Å². The summed E-state index contributed by atoms with van der Waals surface area (Å²) in [4.78, 5) is 10.5. The van der Waals surface area contributed by atoms with Gasteiger partial charge >= 0.3 is 0 Å². The molecular formula is C10H9FO2. The number of hydrogen-bond donors (Lipinski definition) is 1. The summed E-state index contributed by atoms with van der Waals surface area (Å²) in [7, 11) is 0. The minimum Gasteiger partial charge on any atom is -0.505 e. The Kier molecular flexibility index (Phi) is 2.80. The van der Waals surface area contributed by atoms with Crippen LogP contribution in [0.15, 0.2) is 24.3 Å². The maximum absolute atomic E-state index is 12.7. The van der Waals surface area contributed by atoms with E-state index in [4.69, 9.17) is 5.11 Å². The van der Waals surface area contributed by atoms with Crippen molar-refractivity contribution in [3.05, 3.63) is 35.7 Å². The monoisotopic (exact) mass is 180 g/mol. The molecule has 0 heterocycles. The van der Waals surface area contributed by atoms with Crippen LogP contribution in [0.3, 0.4) is 0 Å². The summed E-state index contributed by atoms with van der Waals surface area (Å²) in [6.07, 6.45) is 2.83. The Morgan fingerprint density at radius 3 is 2.77 bits per heavy atom. The van der Waals surface area contributed by atoms with Crippen molar-refractivity contribution in [2.45, 2.75) is 6.92 Å². The molecule has 0 unspecified atom stereocenters. The fourth-order valence-electron chi connectivity index (χ4n) is 0.840. The van der Waals surface area contributed by atoms with Crippen molar-refractivity contribution < 1.29 is 14.3 Å². The molecule has 0 amide bonds. The molecule has 0 saturated heterocycles. The second-order valence-corrected chi connectivity index (χ2v) is 2.65. The molecule has 0 aromatic heterocycles. The Morgan fingerprint density at radius 1 is 1.54 bits per heavy atom. The molecule has 1 rings (SSSR count). The van der Waals surface area contributed by atoms with Crippen molar-refractivity contribution in [2.75, 3.05) is 0 Å². The topological polar surface area (TPSA) is 37.3 Å². The van der Waals surface area contributed by atoms with Gasteiger partial charge in [0.15, 0.2) is 17.3 Å². The number of rotatable bonds is 2. The number of phenolic OH excluding ortho intramolecular Hbond substituents is 1. The summed E-state index contributed by atoms with van der Waals surface area (Å²) in [5, 5.41) is 8.86. The van der Waals surface area contributed by atoms with Gasteiger partial charge in [-0.1, -0.05) is 12.1 Å². The van der Waals surface area contributed by atoms with Crippen LogP contribution in [-0.2, 0) is 4.79 Å². The van der Waals surface area contributed by atoms with E-state index < -0.39 is 5.82 Å². The number of ketones is 1. The molecule has 0 atom stereocenters. The van der Waals surface area contributed by atoms with Crippen LogP contribution in [0.4, 0.5) is 4.39 Å². The van der Waals surface area contributed by atoms with E-state index in [1.54, 1.807) is 0 Å². The Morgan fingerprint density at radius 2 is 2.23 bits per heavy atom. The van der Waals surface area contributed by atoms with Crippen LogP contribution in [0.2, 0.25) is 0 Å². The summed E-state index contributed by atoms with van der Waals surface area (Å²) >= 11 is 0. The largest absolute Gasteiger partial charge is 0.505 e. The zero-order valence-electron chi connectivity index (χ0n) is 7.12. The molecule has 13 heavy (non-hydrogen) atoms. The van der Waals surface area contributed by atoms with E-state index in [1.807, 2.05) is 0 Å². The van der Waals surface area contributed by atoms with Gasteiger partial charge < -0.3 is 5.11 Å². The van der Waals surface area contributed by atoms with Crippen LogP contribution < -0.4 is 0 Å². The number of benzene rings is 1. The summed E-state index contributed by atoms with van der Waals surface area (Å²) in [6.45, 7) is 1.41. The van der Waals surface area contributed by atoms with Crippen molar-refractivity contribution in [3.8, 4) is 5.75 Å². The van der Waals surface area contributed by atoms with Crippen molar-refractivity contribution in [3.63, 3.8) is 0 Å². The van der Waals surface area contributed by atoms with Gasteiger partial charge in [0, 0.05) is 0 Å². The first-order chi connectivity index (χ1) is 6.09. The molecule has 0 saturated carbocycles.